The van der Waals surface area contributed by atoms with Crippen LogP contribution in [-0.2, 0) is 12.8 Å². The van der Waals surface area contributed by atoms with E-state index in [0.717, 1.165) is 28.5 Å². The Bertz CT molecular complexity index is 761. The van der Waals surface area contributed by atoms with E-state index in [4.69, 9.17) is 9.52 Å². The molecule has 0 atom stereocenters. The minimum absolute atomic E-state index is 0.319. The highest BCUT2D eigenvalue weighted by Gasteiger charge is 2.09. The van der Waals surface area contributed by atoms with Crippen LogP contribution in [0.4, 0.5) is 0 Å². The highest BCUT2D eigenvalue weighted by Crippen LogP contribution is 2.18. The highest BCUT2D eigenvalue weighted by atomic mass is 16.4. The van der Waals surface area contributed by atoms with Crippen LogP contribution in [0.1, 0.15) is 21.5 Å². The zero-order valence-electron chi connectivity index (χ0n) is 10.7. The fourth-order valence-electron chi connectivity index (χ4n) is 2.27. The minimum atomic E-state index is -0.913. The summed E-state index contributed by atoms with van der Waals surface area (Å²) < 4.78 is 5.37. The van der Waals surface area contributed by atoms with Gasteiger partial charge in [0.25, 0.3) is 0 Å². The number of furan rings is 1. The molecule has 2 aromatic heterocycles. The molecule has 2 heterocycles. The molecule has 0 radical (unpaired) electrons. The number of fused-ring (bicyclic) bond motifs is 1. The Hall–Kier alpha value is -2.62. The molecule has 0 aliphatic rings. The number of aryl methyl sites for hydroxylation is 2. The van der Waals surface area contributed by atoms with Crippen LogP contribution in [0.25, 0.3) is 11.0 Å². The number of aromatic carboxylic acids is 1. The van der Waals surface area contributed by atoms with Crippen molar-refractivity contribution in [3.63, 3.8) is 0 Å². The van der Waals surface area contributed by atoms with Gasteiger partial charge in [0.2, 0.25) is 0 Å². The van der Waals surface area contributed by atoms with Crippen molar-refractivity contribution in [1.29, 1.82) is 0 Å². The van der Waals surface area contributed by atoms with Gasteiger partial charge in [0.15, 0.2) is 0 Å². The molecule has 3 aromatic rings. The first-order valence-electron chi connectivity index (χ1n) is 6.36. The number of benzene rings is 1. The first-order chi connectivity index (χ1) is 9.74. The van der Waals surface area contributed by atoms with Crippen LogP contribution in [0, 0.1) is 0 Å². The van der Waals surface area contributed by atoms with E-state index in [0.29, 0.717) is 12.0 Å². The topological polar surface area (TPSA) is 63.3 Å². The standard InChI is InChI=1S/C16H13NO3/c18-16(19)14-5-7-17-10-13(14)4-2-11-1-3-12-6-8-20-15(12)9-11/h1,3,5-10H,2,4H2,(H,18,19). The number of carbonyl (C=O) groups is 1. The van der Waals surface area contributed by atoms with Crippen molar-refractivity contribution in [1.82, 2.24) is 4.98 Å². The molecule has 100 valence electrons. The molecule has 0 aliphatic heterocycles. The lowest BCUT2D eigenvalue weighted by Gasteiger charge is -2.05. The summed E-state index contributed by atoms with van der Waals surface area (Å²) in [5.41, 5.74) is 3.04. The molecule has 0 spiro atoms. The molecule has 0 bridgehead atoms. The first-order valence-corrected chi connectivity index (χ1v) is 6.36. The van der Waals surface area contributed by atoms with Crippen LogP contribution >= 0.6 is 0 Å². The third-order valence-electron chi connectivity index (χ3n) is 3.34. The van der Waals surface area contributed by atoms with Gasteiger partial charge in [-0.15, -0.1) is 0 Å². The number of nitrogens with zero attached hydrogens (tertiary/aromatic N) is 1. The summed E-state index contributed by atoms with van der Waals surface area (Å²) in [5, 5.41) is 10.2. The van der Waals surface area contributed by atoms with Crippen molar-refractivity contribution in [3.05, 3.63) is 65.7 Å². The number of pyridine rings is 1. The van der Waals surface area contributed by atoms with E-state index in [-0.39, 0.29) is 0 Å². The van der Waals surface area contributed by atoms with Crippen LogP contribution in [0.3, 0.4) is 0 Å². The number of hydrogen-bond donors (Lipinski definition) is 1. The van der Waals surface area contributed by atoms with Gasteiger partial charge in [-0.2, -0.15) is 0 Å². The Kier molecular flexibility index (Phi) is 3.21. The summed E-state index contributed by atoms with van der Waals surface area (Å²) in [4.78, 5) is 15.1. The van der Waals surface area contributed by atoms with E-state index in [1.54, 1.807) is 12.5 Å². The van der Waals surface area contributed by atoms with Crippen molar-refractivity contribution in [2.24, 2.45) is 0 Å². The summed E-state index contributed by atoms with van der Waals surface area (Å²) >= 11 is 0. The Balaban J connectivity index is 1.80. The van der Waals surface area contributed by atoms with Gasteiger partial charge in [-0.05, 0) is 42.2 Å². The van der Waals surface area contributed by atoms with E-state index in [2.05, 4.69) is 4.98 Å². The van der Waals surface area contributed by atoms with Gasteiger partial charge in [-0.3, -0.25) is 4.98 Å². The Morgan fingerprint density at radius 2 is 2.10 bits per heavy atom. The van der Waals surface area contributed by atoms with Crippen LogP contribution in [0.5, 0.6) is 0 Å². The van der Waals surface area contributed by atoms with E-state index in [1.165, 1.54) is 12.3 Å². The summed E-state index contributed by atoms with van der Waals surface area (Å²) in [7, 11) is 0. The molecule has 0 aliphatic carbocycles. The van der Waals surface area contributed by atoms with E-state index >= 15 is 0 Å². The zero-order valence-corrected chi connectivity index (χ0v) is 10.7. The summed E-state index contributed by atoms with van der Waals surface area (Å²) in [5.74, 6) is -0.913. The third kappa shape index (κ3) is 2.40. The van der Waals surface area contributed by atoms with E-state index in [1.807, 2.05) is 24.3 Å². The second-order valence-corrected chi connectivity index (χ2v) is 4.63. The maximum absolute atomic E-state index is 11.1. The third-order valence-corrected chi connectivity index (χ3v) is 3.34. The van der Waals surface area contributed by atoms with Crippen molar-refractivity contribution < 1.29 is 14.3 Å². The van der Waals surface area contributed by atoms with Gasteiger partial charge in [0.05, 0.1) is 11.8 Å². The van der Waals surface area contributed by atoms with Crippen molar-refractivity contribution in [2.45, 2.75) is 12.8 Å². The Labute approximate surface area is 115 Å². The molecule has 0 fully saturated rings. The smallest absolute Gasteiger partial charge is 0.336 e. The molecular formula is C16H13NO3. The van der Waals surface area contributed by atoms with Gasteiger partial charge in [-0.1, -0.05) is 12.1 Å². The molecule has 0 unspecified atom stereocenters. The lowest BCUT2D eigenvalue weighted by atomic mass is 10.0. The summed E-state index contributed by atoms with van der Waals surface area (Å²) in [6.45, 7) is 0. The number of aromatic nitrogens is 1. The highest BCUT2D eigenvalue weighted by molar-refractivity contribution is 5.89. The molecule has 4 nitrogen and oxygen atoms in total. The maximum Gasteiger partial charge on any atom is 0.336 e. The Morgan fingerprint density at radius 1 is 1.20 bits per heavy atom. The quantitative estimate of drug-likeness (QED) is 0.787. The number of hydrogen-bond acceptors (Lipinski definition) is 3. The number of carboxylic acid groups (broad SMARTS) is 1. The first kappa shape index (κ1) is 12.4. The predicted octanol–water partition coefficient (Wildman–Crippen LogP) is 3.31. The Morgan fingerprint density at radius 3 is 2.95 bits per heavy atom. The van der Waals surface area contributed by atoms with Crippen molar-refractivity contribution >= 4 is 16.9 Å². The monoisotopic (exact) mass is 267 g/mol. The number of rotatable bonds is 4. The second-order valence-electron chi connectivity index (χ2n) is 4.63. The lowest BCUT2D eigenvalue weighted by molar-refractivity contribution is 0.0695. The van der Waals surface area contributed by atoms with E-state index in [9.17, 15) is 4.79 Å². The summed E-state index contributed by atoms with van der Waals surface area (Å²) in [6.07, 6.45) is 6.18. The van der Waals surface area contributed by atoms with Gasteiger partial charge in [0.1, 0.15) is 5.58 Å². The second kappa shape index (κ2) is 5.17. The summed E-state index contributed by atoms with van der Waals surface area (Å²) in [6, 6.07) is 9.49. The maximum atomic E-state index is 11.1. The average molecular weight is 267 g/mol. The molecule has 1 N–H and O–H groups in total. The van der Waals surface area contributed by atoms with E-state index < -0.39 is 5.97 Å². The molecule has 0 saturated carbocycles. The molecule has 0 saturated heterocycles. The van der Waals surface area contributed by atoms with Crippen LogP contribution in [0.2, 0.25) is 0 Å². The molecule has 4 heteroatoms. The minimum Gasteiger partial charge on any atom is -0.478 e. The fourth-order valence-corrected chi connectivity index (χ4v) is 2.27. The van der Waals surface area contributed by atoms with Crippen LogP contribution in [0.15, 0.2) is 53.4 Å². The largest absolute Gasteiger partial charge is 0.478 e. The van der Waals surface area contributed by atoms with Gasteiger partial charge in [0, 0.05) is 17.8 Å². The normalized spacial score (nSPS) is 10.8. The van der Waals surface area contributed by atoms with Gasteiger partial charge >= 0.3 is 5.97 Å². The molecular weight excluding hydrogens is 254 g/mol. The SMILES string of the molecule is O=C(O)c1ccncc1CCc1ccc2ccoc2c1. The average Bonchev–Trinajstić information content (AvgIpc) is 2.92. The van der Waals surface area contributed by atoms with Gasteiger partial charge in [-0.25, -0.2) is 4.79 Å². The molecule has 0 amide bonds. The van der Waals surface area contributed by atoms with Crippen LogP contribution in [-0.4, -0.2) is 16.1 Å². The van der Waals surface area contributed by atoms with Crippen LogP contribution < -0.4 is 0 Å². The van der Waals surface area contributed by atoms with Crippen molar-refractivity contribution in [3.8, 4) is 0 Å². The lowest BCUT2D eigenvalue weighted by Crippen LogP contribution is -2.04. The molecule has 1 aromatic carbocycles. The molecule has 3 rings (SSSR count). The molecule has 20 heavy (non-hydrogen) atoms. The number of carboxylic acids is 1. The van der Waals surface area contributed by atoms with Gasteiger partial charge < -0.3 is 9.52 Å². The van der Waals surface area contributed by atoms with Crippen molar-refractivity contribution in [2.75, 3.05) is 0 Å². The fraction of sp³-hybridized carbons (Fsp3) is 0.125. The zero-order chi connectivity index (χ0) is 13.9. The predicted molar refractivity (Wildman–Crippen MR) is 74.8 cm³/mol.